The number of rotatable bonds is 8. The number of ether oxygens (including phenoxy) is 3. The van der Waals surface area contributed by atoms with Crippen LogP contribution in [0.2, 0.25) is 0 Å². The van der Waals surface area contributed by atoms with Crippen LogP contribution in [0.15, 0.2) is 24.3 Å². The van der Waals surface area contributed by atoms with Gasteiger partial charge in [-0.05, 0) is 58.7 Å². The fourth-order valence-electron chi connectivity index (χ4n) is 2.39. The highest BCUT2D eigenvalue weighted by atomic mass is 16.5. The first-order valence-corrected chi connectivity index (χ1v) is 8.55. The summed E-state index contributed by atoms with van der Waals surface area (Å²) in [5.74, 6) is -1.37. The van der Waals surface area contributed by atoms with Gasteiger partial charge in [-0.1, -0.05) is 12.1 Å². The summed E-state index contributed by atoms with van der Waals surface area (Å²) in [6, 6.07) is 6.59. The maximum atomic E-state index is 12.7. The van der Waals surface area contributed by atoms with E-state index in [1.165, 1.54) is 14.0 Å². The number of hydrogen-bond acceptors (Lipinski definition) is 6. The van der Waals surface area contributed by atoms with Crippen molar-refractivity contribution in [1.29, 1.82) is 0 Å². The molecule has 6 nitrogen and oxygen atoms in total. The standard InChI is InChI=1S/C20H28O6/c1-7-25-18(23)20(14(2)21,13-26-19(3,4)5)12-15-8-10-16(11-9-15)17(22)24-6/h8-11H,7,12-13H2,1-6H3. The second-order valence-electron chi connectivity index (χ2n) is 7.13. The molecular formula is C20H28O6. The average Bonchev–Trinajstić information content (AvgIpc) is 2.57. The summed E-state index contributed by atoms with van der Waals surface area (Å²) in [7, 11) is 1.31. The molecule has 0 amide bonds. The van der Waals surface area contributed by atoms with Crippen LogP contribution in [0.25, 0.3) is 0 Å². The lowest BCUT2D eigenvalue weighted by Gasteiger charge is -2.32. The number of carbonyl (C=O) groups is 3. The number of benzene rings is 1. The van der Waals surface area contributed by atoms with Crippen molar-refractivity contribution in [3.05, 3.63) is 35.4 Å². The van der Waals surface area contributed by atoms with Gasteiger partial charge in [0, 0.05) is 0 Å². The summed E-state index contributed by atoms with van der Waals surface area (Å²) >= 11 is 0. The summed E-state index contributed by atoms with van der Waals surface area (Å²) < 4.78 is 15.6. The van der Waals surface area contributed by atoms with E-state index in [1.54, 1.807) is 31.2 Å². The van der Waals surface area contributed by atoms with E-state index < -0.39 is 23.0 Å². The number of methoxy groups -OCH3 is 1. The first kappa shape index (κ1) is 21.8. The number of hydrogen-bond donors (Lipinski definition) is 0. The van der Waals surface area contributed by atoms with Crippen LogP contribution in [-0.2, 0) is 30.2 Å². The first-order valence-electron chi connectivity index (χ1n) is 8.55. The Morgan fingerprint density at radius 1 is 1.04 bits per heavy atom. The smallest absolute Gasteiger partial charge is 0.337 e. The zero-order chi connectivity index (χ0) is 20.0. The minimum Gasteiger partial charge on any atom is -0.465 e. The molecule has 1 aromatic carbocycles. The molecule has 0 aliphatic carbocycles. The van der Waals surface area contributed by atoms with Crippen molar-refractivity contribution in [2.75, 3.05) is 20.3 Å². The van der Waals surface area contributed by atoms with Gasteiger partial charge in [-0.25, -0.2) is 4.79 Å². The average molecular weight is 364 g/mol. The van der Waals surface area contributed by atoms with Crippen molar-refractivity contribution in [3.8, 4) is 0 Å². The second kappa shape index (κ2) is 8.94. The quantitative estimate of drug-likeness (QED) is 0.521. The van der Waals surface area contributed by atoms with E-state index in [1.807, 2.05) is 20.8 Å². The molecule has 26 heavy (non-hydrogen) atoms. The molecule has 1 aromatic rings. The molecule has 144 valence electrons. The lowest BCUT2D eigenvalue weighted by Crippen LogP contribution is -2.47. The topological polar surface area (TPSA) is 78.9 Å². The fourth-order valence-corrected chi connectivity index (χ4v) is 2.39. The molecule has 1 rings (SSSR count). The van der Waals surface area contributed by atoms with Crippen molar-refractivity contribution in [3.63, 3.8) is 0 Å². The Bertz CT molecular complexity index is 641. The van der Waals surface area contributed by atoms with Crippen LogP contribution in [0.3, 0.4) is 0 Å². The predicted molar refractivity (Wildman–Crippen MR) is 96.9 cm³/mol. The Hall–Kier alpha value is -2.21. The van der Waals surface area contributed by atoms with Gasteiger partial charge in [-0.2, -0.15) is 0 Å². The molecule has 0 aliphatic heterocycles. The Morgan fingerprint density at radius 2 is 1.62 bits per heavy atom. The van der Waals surface area contributed by atoms with E-state index in [0.29, 0.717) is 5.56 Å². The zero-order valence-corrected chi connectivity index (χ0v) is 16.4. The Kier molecular flexibility index (Phi) is 7.51. The minimum atomic E-state index is -1.43. The number of Topliss-reactive ketones (excluding diaryl/α,β-unsaturated/α-hetero) is 1. The van der Waals surface area contributed by atoms with Crippen LogP contribution in [0, 0.1) is 5.41 Å². The highest BCUT2D eigenvalue weighted by Crippen LogP contribution is 2.29. The van der Waals surface area contributed by atoms with Crippen LogP contribution in [0.1, 0.15) is 50.5 Å². The lowest BCUT2D eigenvalue weighted by molar-refractivity contribution is -0.167. The molecule has 1 atom stereocenters. The monoisotopic (exact) mass is 364 g/mol. The molecular weight excluding hydrogens is 336 g/mol. The SMILES string of the molecule is CCOC(=O)C(COC(C)(C)C)(Cc1ccc(C(=O)OC)cc1)C(C)=O. The zero-order valence-electron chi connectivity index (χ0n) is 16.4. The Morgan fingerprint density at radius 3 is 2.04 bits per heavy atom. The highest BCUT2D eigenvalue weighted by Gasteiger charge is 2.46. The third kappa shape index (κ3) is 5.66. The van der Waals surface area contributed by atoms with E-state index in [2.05, 4.69) is 4.74 Å². The van der Waals surface area contributed by atoms with Gasteiger partial charge in [0.05, 0.1) is 31.5 Å². The summed E-state index contributed by atoms with van der Waals surface area (Å²) in [4.78, 5) is 36.7. The van der Waals surface area contributed by atoms with Gasteiger partial charge >= 0.3 is 11.9 Å². The molecule has 6 heteroatoms. The third-order valence-corrected chi connectivity index (χ3v) is 3.97. The normalized spacial score (nSPS) is 13.6. The van der Waals surface area contributed by atoms with Gasteiger partial charge in [0.1, 0.15) is 5.78 Å². The van der Waals surface area contributed by atoms with E-state index in [0.717, 1.165) is 5.56 Å². The second-order valence-corrected chi connectivity index (χ2v) is 7.13. The van der Waals surface area contributed by atoms with Crippen molar-refractivity contribution in [2.24, 2.45) is 5.41 Å². The molecule has 0 N–H and O–H groups in total. The van der Waals surface area contributed by atoms with Gasteiger partial charge in [-0.3, -0.25) is 9.59 Å². The molecule has 0 fully saturated rings. The van der Waals surface area contributed by atoms with E-state index in [-0.39, 0.29) is 25.4 Å². The van der Waals surface area contributed by atoms with Crippen LogP contribution in [-0.4, -0.2) is 43.6 Å². The molecule has 0 aromatic heterocycles. The minimum absolute atomic E-state index is 0.0799. The molecule has 0 spiro atoms. The van der Waals surface area contributed by atoms with Crippen LogP contribution in [0.5, 0.6) is 0 Å². The van der Waals surface area contributed by atoms with E-state index in [9.17, 15) is 14.4 Å². The van der Waals surface area contributed by atoms with E-state index >= 15 is 0 Å². The summed E-state index contributed by atoms with van der Waals surface area (Å²) in [5.41, 5.74) is -0.831. The van der Waals surface area contributed by atoms with Crippen molar-refractivity contribution in [2.45, 2.75) is 46.6 Å². The molecule has 0 saturated carbocycles. The van der Waals surface area contributed by atoms with Crippen molar-refractivity contribution < 1.29 is 28.6 Å². The van der Waals surface area contributed by atoms with Crippen molar-refractivity contribution >= 4 is 17.7 Å². The fraction of sp³-hybridized carbons (Fsp3) is 0.550. The summed E-state index contributed by atoms with van der Waals surface area (Å²) in [6.07, 6.45) is 0.124. The lowest BCUT2D eigenvalue weighted by atomic mass is 9.78. The molecule has 0 aliphatic rings. The number of ketones is 1. The van der Waals surface area contributed by atoms with Gasteiger partial charge in [-0.15, -0.1) is 0 Å². The van der Waals surface area contributed by atoms with E-state index in [4.69, 9.17) is 9.47 Å². The van der Waals surface area contributed by atoms with Gasteiger partial charge < -0.3 is 14.2 Å². The Labute approximate surface area is 154 Å². The highest BCUT2D eigenvalue weighted by molar-refractivity contribution is 6.03. The maximum Gasteiger partial charge on any atom is 0.337 e. The summed E-state index contributed by atoms with van der Waals surface area (Å²) in [6.45, 7) is 8.72. The first-order chi connectivity index (χ1) is 12.1. The van der Waals surface area contributed by atoms with Gasteiger partial charge in [0.25, 0.3) is 0 Å². The molecule has 0 saturated heterocycles. The molecule has 0 heterocycles. The maximum absolute atomic E-state index is 12.7. The van der Waals surface area contributed by atoms with Crippen LogP contribution < -0.4 is 0 Å². The molecule has 0 radical (unpaired) electrons. The largest absolute Gasteiger partial charge is 0.465 e. The van der Waals surface area contributed by atoms with Crippen molar-refractivity contribution in [1.82, 2.24) is 0 Å². The Balaban J connectivity index is 3.19. The molecule has 1 unspecified atom stereocenters. The third-order valence-electron chi connectivity index (χ3n) is 3.97. The molecule has 0 bridgehead atoms. The number of esters is 2. The summed E-state index contributed by atoms with van der Waals surface area (Å²) in [5, 5.41) is 0. The van der Waals surface area contributed by atoms with Gasteiger partial charge in [0.2, 0.25) is 0 Å². The van der Waals surface area contributed by atoms with Crippen LogP contribution >= 0.6 is 0 Å². The predicted octanol–water partition coefficient (Wildman–Crippen LogP) is 2.97. The van der Waals surface area contributed by atoms with Crippen LogP contribution in [0.4, 0.5) is 0 Å². The van der Waals surface area contributed by atoms with Gasteiger partial charge in [0.15, 0.2) is 5.41 Å². The number of carbonyl (C=O) groups excluding carboxylic acids is 3.